The number of aliphatic hydroxyl groups excluding tert-OH is 1. The van der Waals surface area contributed by atoms with Crippen molar-refractivity contribution >= 4 is 10.9 Å². The number of H-pyrrole nitrogens is 1. The van der Waals surface area contributed by atoms with Crippen LogP contribution in [0, 0.1) is 11.8 Å². The van der Waals surface area contributed by atoms with Crippen LogP contribution in [0.5, 0.6) is 0 Å². The highest BCUT2D eigenvalue weighted by Crippen LogP contribution is 2.11. The van der Waals surface area contributed by atoms with E-state index in [0.29, 0.717) is 6.42 Å². The van der Waals surface area contributed by atoms with Crippen molar-refractivity contribution in [3.05, 3.63) is 30.0 Å². The summed E-state index contributed by atoms with van der Waals surface area (Å²) in [6, 6.07) is 5.86. The molecule has 2 N–H and O–H groups in total. The molecule has 0 amide bonds. The molecule has 0 saturated heterocycles. The minimum Gasteiger partial charge on any atom is -0.395 e. The SMILES string of the molecule is OCCC#Cc1ccc2[nH]ncc2c1. The molecular weight excluding hydrogens is 176 g/mol. The maximum absolute atomic E-state index is 8.57. The molecule has 0 aliphatic carbocycles. The van der Waals surface area contributed by atoms with Crippen LogP contribution < -0.4 is 0 Å². The highest BCUT2D eigenvalue weighted by Gasteiger charge is 1.94. The van der Waals surface area contributed by atoms with E-state index < -0.39 is 0 Å². The fourth-order valence-electron chi connectivity index (χ4n) is 1.24. The third-order valence-electron chi connectivity index (χ3n) is 1.91. The molecular formula is C11H10N2O. The van der Waals surface area contributed by atoms with Gasteiger partial charge in [0, 0.05) is 17.4 Å². The van der Waals surface area contributed by atoms with Crippen LogP contribution in [0.15, 0.2) is 24.4 Å². The number of hydrogen-bond acceptors (Lipinski definition) is 2. The molecule has 0 aliphatic heterocycles. The molecule has 0 unspecified atom stereocenters. The molecule has 3 nitrogen and oxygen atoms in total. The number of benzene rings is 1. The zero-order valence-electron chi connectivity index (χ0n) is 7.62. The van der Waals surface area contributed by atoms with Gasteiger partial charge in [0.2, 0.25) is 0 Å². The first-order valence-corrected chi connectivity index (χ1v) is 4.43. The molecule has 2 aromatic rings. The molecule has 0 aliphatic rings. The minimum absolute atomic E-state index is 0.112. The van der Waals surface area contributed by atoms with Crippen LogP contribution in [0.2, 0.25) is 0 Å². The number of hydrogen-bond donors (Lipinski definition) is 2. The first kappa shape index (κ1) is 8.79. The van der Waals surface area contributed by atoms with Crippen LogP contribution in [0.3, 0.4) is 0 Å². The molecule has 3 heteroatoms. The Kier molecular flexibility index (Phi) is 2.48. The van der Waals surface area contributed by atoms with Gasteiger partial charge < -0.3 is 5.11 Å². The van der Waals surface area contributed by atoms with E-state index in [1.807, 2.05) is 18.2 Å². The number of aromatic amines is 1. The van der Waals surface area contributed by atoms with E-state index in [9.17, 15) is 0 Å². The molecule has 0 spiro atoms. The van der Waals surface area contributed by atoms with Gasteiger partial charge in [-0.15, -0.1) is 0 Å². The normalized spacial score (nSPS) is 9.79. The second-order valence-corrected chi connectivity index (χ2v) is 2.95. The molecule has 1 heterocycles. The van der Waals surface area contributed by atoms with Gasteiger partial charge in [0.1, 0.15) is 0 Å². The summed E-state index contributed by atoms with van der Waals surface area (Å²) in [5.41, 5.74) is 1.96. The second-order valence-electron chi connectivity index (χ2n) is 2.95. The standard InChI is InChI=1S/C11H10N2O/c14-6-2-1-3-9-4-5-11-10(7-9)8-12-13-11/h4-5,7-8,14H,2,6H2,(H,12,13). The van der Waals surface area contributed by atoms with Crippen molar-refractivity contribution in [3.8, 4) is 11.8 Å². The summed E-state index contributed by atoms with van der Waals surface area (Å²) >= 11 is 0. The summed E-state index contributed by atoms with van der Waals surface area (Å²) in [6.07, 6.45) is 2.29. The molecule has 70 valence electrons. The van der Waals surface area contributed by atoms with E-state index in [1.54, 1.807) is 6.20 Å². The van der Waals surface area contributed by atoms with E-state index in [0.717, 1.165) is 16.5 Å². The maximum atomic E-state index is 8.57. The summed E-state index contributed by atoms with van der Waals surface area (Å²) in [5, 5.41) is 16.4. The lowest BCUT2D eigenvalue weighted by molar-refractivity contribution is 0.305. The smallest absolute Gasteiger partial charge is 0.0651 e. The molecule has 1 aromatic heterocycles. The highest BCUT2D eigenvalue weighted by atomic mass is 16.2. The summed E-state index contributed by atoms with van der Waals surface area (Å²) < 4.78 is 0. The van der Waals surface area contributed by atoms with Crippen LogP contribution in [0.25, 0.3) is 10.9 Å². The van der Waals surface area contributed by atoms with E-state index in [-0.39, 0.29) is 6.61 Å². The predicted octanol–water partition coefficient (Wildman–Crippen LogP) is 1.30. The molecule has 0 bridgehead atoms. The number of nitrogens with one attached hydrogen (secondary N) is 1. The molecule has 1 aromatic carbocycles. The van der Waals surface area contributed by atoms with Crippen LogP contribution in [-0.2, 0) is 0 Å². The van der Waals surface area contributed by atoms with Crippen molar-refractivity contribution in [2.75, 3.05) is 6.61 Å². The Morgan fingerprint density at radius 3 is 3.21 bits per heavy atom. The van der Waals surface area contributed by atoms with Gasteiger partial charge in [-0.1, -0.05) is 11.8 Å². The van der Waals surface area contributed by atoms with Crippen molar-refractivity contribution in [2.45, 2.75) is 6.42 Å². The maximum Gasteiger partial charge on any atom is 0.0651 e. The Morgan fingerprint density at radius 1 is 1.43 bits per heavy atom. The van der Waals surface area contributed by atoms with E-state index in [2.05, 4.69) is 22.0 Å². The minimum atomic E-state index is 0.112. The summed E-state index contributed by atoms with van der Waals surface area (Å²) in [6.45, 7) is 0.112. The number of aromatic nitrogens is 2. The Balaban J connectivity index is 2.31. The van der Waals surface area contributed by atoms with Crippen LogP contribution in [-0.4, -0.2) is 21.9 Å². The van der Waals surface area contributed by atoms with Gasteiger partial charge >= 0.3 is 0 Å². The monoisotopic (exact) mass is 186 g/mol. The van der Waals surface area contributed by atoms with E-state index in [4.69, 9.17) is 5.11 Å². The van der Waals surface area contributed by atoms with Crippen molar-refractivity contribution in [2.24, 2.45) is 0 Å². The summed E-state index contributed by atoms with van der Waals surface area (Å²) in [7, 11) is 0. The van der Waals surface area contributed by atoms with Gasteiger partial charge in [-0.05, 0) is 18.2 Å². The third-order valence-corrected chi connectivity index (χ3v) is 1.91. The molecule has 0 radical (unpaired) electrons. The Bertz CT molecular complexity index is 490. The van der Waals surface area contributed by atoms with Gasteiger partial charge in [-0.2, -0.15) is 5.10 Å². The van der Waals surface area contributed by atoms with Crippen molar-refractivity contribution in [3.63, 3.8) is 0 Å². The van der Waals surface area contributed by atoms with Crippen molar-refractivity contribution < 1.29 is 5.11 Å². The third kappa shape index (κ3) is 1.76. The molecule has 0 atom stereocenters. The van der Waals surface area contributed by atoms with Crippen LogP contribution in [0.1, 0.15) is 12.0 Å². The lowest BCUT2D eigenvalue weighted by Gasteiger charge is -1.90. The topological polar surface area (TPSA) is 48.9 Å². The van der Waals surface area contributed by atoms with E-state index >= 15 is 0 Å². The average molecular weight is 186 g/mol. The Hall–Kier alpha value is -1.79. The molecule has 0 saturated carbocycles. The lowest BCUT2D eigenvalue weighted by atomic mass is 10.1. The fraction of sp³-hybridized carbons (Fsp3) is 0.182. The quantitative estimate of drug-likeness (QED) is 0.659. The molecule has 0 fully saturated rings. The predicted molar refractivity (Wildman–Crippen MR) is 54.7 cm³/mol. The first-order valence-electron chi connectivity index (χ1n) is 4.43. The van der Waals surface area contributed by atoms with Crippen molar-refractivity contribution in [1.29, 1.82) is 0 Å². The first-order chi connectivity index (χ1) is 6.90. The lowest BCUT2D eigenvalue weighted by Crippen LogP contribution is -1.78. The van der Waals surface area contributed by atoms with Gasteiger partial charge in [-0.3, -0.25) is 5.10 Å². The van der Waals surface area contributed by atoms with E-state index in [1.165, 1.54) is 0 Å². The van der Waals surface area contributed by atoms with Crippen LogP contribution >= 0.6 is 0 Å². The number of aliphatic hydroxyl groups is 1. The summed E-state index contributed by atoms with van der Waals surface area (Å²) in [4.78, 5) is 0. The van der Waals surface area contributed by atoms with Gasteiger partial charge in [0.25, 0.3) is 0 Å². The average Bonchev–Trinajstić information content (AvgIpc) is 2.65. The van der Waals surface area contributed by atoms with Crippen molar-refractivity contribution in [1.82, 2.24) is 10.2 Å². The highest BCUT2D eigenvalue weighted by molar-refractivity contribution is 5.79. The number of rotatable bonds is 1. The number of fused-ring (bicyclic) bond motifs is 1. The summed E-state index contributed by atoms with van der Waals surface area (Å²) in [5.74, 6) is 5.85. The Labute approximate surface area is 81.8 Å². The van der Waals surface area contributed by atoms with Gasteiger partial charge in [0.05, 0.1) is 18.3 Å². The number of nitrogens with zero attached hydrogens (tertiary/aromatic N) is 1. The van der Waals surface area contributed by atoms with Gasteiger partial charge in [-0.25, -0.2) is 0 Å². The molecule has 14 heavy (non-hydrogen) atoms. The zero-order chi connectivity index (χ0) is 9.80. The fourth-order valence-corrected chi connectivity index (χ4v) is 1.24. The van der Waals surface area contributed by atoms with Crippen LogP contribution in [0.4, 0.5) is 0 Å². The second kappa shape index (κ2) is 3.95. The molecule has 2 rings (SSSR count). The zero-order valence-corrected chi connectivity index (χ0v) is 7.62. The Morgan fingerprint density at radius 2 is 2.36 bits per heavy atom. The largest absolute Gasteiger partial charge is 0.395 e. The van der Waals surface area contributed by atoms with Gasteiger partial charge in [0.15, 0.2) is 0 Å².